The van der Waals surface area contributed by atoms with Crippen molar-refractivity contribution in [2.75, 3.05) is 33.3 Å². The largest absolute Gasteiger partial charge is 0.495 e. The topological polar surface area (TPSA) is 66.9 Å². The Bertz CT molecular complexity index is 682. The Morgan fingerprint density at radius 1 is 1.23 bits per heavy atom. The monoisotopic (exact) mass is 346 g/mol. The molecule has 0 saturated carbocycles. The summed E-state index contributed by atoms with van der Waals surface area (Å²) in [5.41, 5.74) is 0.749. The van der Waals surface area contributed by atoms with Gasteiger partial charge in [0.05, 0.1) is 7.11 Å². The minimum Gasteiger partial charge on any atom is -0.495 e. The molecule has 0 atom stereocenters. The van der Waals surface area contributed by atoms with Gasteiger partial charge in [0, 0.05) is 38.1 Å². The van der Waals surface area contributed by atoms with Crippen molar-refractivity contribution in [3.05, 3.63) is 22.7 Å². The second-order valence-corrected chi connectivity index (χ2v) is 7.48. The Morgan fingerprint density at radius 2 is 1.82 bits per heavy atom. The fourth-order valence-corrected chi connectivity index (χ4v) is 4.19. The summed E-state index contributed by atoms with van der Waals surface area (Å²) in [4.78, 5) is 13.0. The van der Waals surface area contributed by atoms with Gasteiger partial charge in [0.15, 0.2) is 0 Å². The maximum atomic E-state index is 12.8. The molecule has 0 aliphatic carbocycles. The van der Waals surface area contributed by atoms with Crippen LogP contribution < -0.4 is 4.74 Å². The number of carbonyl (C=O) groups is 1. The van der Waals surface area contributed by atoms with Crippen LogP contribution in [0, 0.1) is 6.92 Å². The molecule has 1 aromatic carbocycles. The number of hydrogen-bond donors (Lipinski definition) is 0. The van der Waals surface area contributed by atoms with Crippen LogP contribution in [0.15, 0.2) is 17.0 Å². The van der Waals surface area contributed by atoms with Crippen molar-refractivity contribution < 1.29 is 17.9 Å². The standard InChI is InChI=1S/C14H19ClN2O4S/c1-10-8-13(21-3)14(9-12(10)15)22(19,20)17-6-4-16(5-7-17)11(2)18/h8-9H,4-7H2,1-3H3. The first-order chi connectivity index (χ1) is 10.3. The normalized spacial score (nSPS) is 16.6. The molecule has 0 unspecified atom stereocenters. The van der Waals surface area contributed by atoms with E-state index in [1.54, 1.807) is 17.9 Å². The number of amides is 1. The quantitative estimate of drug-likeness (QED) is 0.832. The van der Waals surface area contributed by atoms with E-state index < -0.39 is 10.0 Å². The molecular formula is C14H19ClN2O4S. The third-order valence-corrected chi connectivity index (χ3v) is 6.07. The Hall–Kier alpha value is -1.31. The first-order valence-electron chi connectivity index (χ1n) is 6.87. The van der Waals surface area contributed by atoms with Crippen LogP contribution >= 0.6 is 11.6 Å². The second-order valence-electron chi connectivity index (χ2n) is 5.16. The summed E-state index contributed by atoms with van der Waals surface area (Å²) in [5, 5.41) is 0.377. The van der Waals surface area contributed by atoms with E-state index in [1.165, 1.54) is 24.4 Å². The van der Waals surface area contributed by atoms with Gasteiger partial charge in [-0.15, -0.1) is 0 Å². The van der Waals surface area contributed by atoms with Crippen LogP contribution in [0.4, 0.5) is 0 Å². The average Bonchev–Trinajstić information content (AvgIpc) is 2.49. The maximum absolute atomic E-state index is 12.8. The van der Waals surface area contributed by atoms with Crippen molar-refractivity contribution >= 4 is 27.5 Å². The van der Waals surface area contributed by atoms with Gasteiger partial charge in [0.25, 0.3) is 0 Å². The molecule has 1 amide bonds. The molecule has 8 heteroatoms. The van der Waals surface area contributed by atoms with E-state index in [4.69, 9.17) is 16.3 Å². The fourth-order valence-electron chi connectivity index (χ4n) is 2.38. The SMILES string of the molecule is COc1cc(C)c(Cl)cc1S(=O)(=O)N1CCN(C(C)=O)CC1. The Balaban J connectivity index is 2.32. The van der Waals surface area contributed by atoms with Gasteiger partial charge in [-0.1, -0.05) is 11.6 Å². The van der Waals surface area contributed by atoms with Gasteiger partial charge < -0.3 is 9.64 Å². The molecule has 22 heavy (non-hydrogen) atoms. The highest BCUT2D eigenvalue weighted by molar-refractivity contribution is 7.89. The lowest BCUT2D eigenvalue weighted by Gasteiger charge is -2.33. The molecule has 6 nitrogen and oxygen atoms in total. The molecule has 0 radical (unpaired) electrons. The third-order valence-electron chi connectivity index (χ3n) is 3.75. The number of piperazine rings is 1. The summed E-state index contributed by atoms with van der Waals surface area (Å²) in [6.07, 6.45) is 0. The number of benzene rings is 1. The average molecular weight is 347 g/mol. The molecule has 122 valence electrons. The van der Waals surface area contributed by atoms with Crippen LogP contribution in [0.3, 0.4) is 0 Å². The molecule has 0 bridgehead atoms. The molecule has 1 aliphatic rings. The molecule has 1 aliphatic heterocycles. The Morgan fingerprint density at radius 3 is 2.32 bits per heavy atom. The lowest BCUT2D eigenvalue weighted by molar-refractivity contribution is -0.129. The van der Waals surface area contributed by atoms with Crippen LogP contribution in [-0.2, 0) is 14.8 Å². The van der Waals surface area contributed by atoms with E-state index in [0.717, 1.165) is 5.56 Å². The fraction of sp³-hybridized carbons (Fsp3) is 0.500. The predicted octanol–water partition coefficient (Wildman–Crippen LogP) is 1.51. The minimum atomic E-state index is -3.71. The van der Waals surface area contributed by atoms with Crippen molar-refractivity contribution in [3.8, 4) is 5.75 Å². The highest BCUT2D eigenvalue weighted by atomic mass is 35.5. The first kappa shape index (κ1) is 17.1. The molecular weight excluding hydrogens is 328 g/mol. The van der Waals surface area contributed by atoms with Crippen LogP contribution in [0.25, 0.3) is 0 Å². The van der Waals surface area contributed by atoms with E-state index in [2.05, 4.69) is 0 Å². The number of methoxy groups -OCH3 is 1. The molecule has 0 spiro atoms. The lowest BCUT2D eigenvalue weighted by atomic mass is 10.2. The van der Waals surface area contributed by atoms with Crippen LogP contribution in [0.1, 0.15) is 12.5 Å². The molecule has 1 aromatic rings. The van der Waals surface area contributed by atoms with Gasteiger partial charge in [-0.2, -0.15) is 4.31 Å². The third kappa shape index (κ3) is 3.21. The van der Waals surface area contributed by atoms with Crippen molar-refractivity contribution in [1.82, 2.24) is 9.21 Å². The maximum Gasteiger partial charge on any atom is 0.246 e. The number of aryl methyl sites for hydroxylation is 1. The van der Waals surface area contributed by atoms with E-state index in [-0.39, 0.29) is 29.6 Å². The number of hydrogen-bond acceptors (Lipinski definition) is 4. The Kier molecular flexibility index (Phi) is 4.99. The lowest BCUT2D eigenvalue weighted by Crippen LogP contribution is -2.49. The highest BCUT2D eigenvalue weighted by Crippen LogP contribution is 2.32. The summed E-state index contributed by atoms with van der Waals surface area (Å²) in [5.74, 6) is 0.226. The van der Waals surface area contributed by atoms with Gasteiger partial charge in [-0.05, 0) is 24.6 Å². The zero-order valence-electron chi connectivity index (χ0n) is 12.8. The van der Waals surface area contributed by atoms with E-state index >= 15 is 0 Å². The van der Waals surface area contributed by atoms with E-state index in [1.807, 2.05) is 0 Å². The Labute approximate surface area is 135 Å². The minimum absolute atomic E-state index is 0.0481. The van der Waals surface area contributed by atoms with Crippen LogP contribution in [-0.4, -0.2) is 56.8 Å². The van der Waals surface area contributed by atoms with Gasteiger partial charge in [-0.25, -0.2) is 8.42 Å². The van der Waals surface area contributed by atoms with Crippen molar-refractivity contribution in [2.24, 2.45) is 0 Å². The number of sulfonamides is 1. The highest BCUT2D eigenvalue weighted by Gasteiger charge is 2.31. The molecule has 1 fully saturated rings. The second kappa shape index (κ2) is 6.44. The van der Waals surface area contributed by atoms with E-state index in [0.29, 0.717) is 18.1 Å². The van der Waals surface area contributed by atoms with Gasteiger partial charge in [0.2, 0.25) is 15.9 Å². The predicted molar refractivity (Wildman–Crippen MR) is 83.8 cm³/mol. The zero-order chi connectivity index (χ0) is 16.5. The summed E-state index contributed by atoms with van der Waals surface area (Å²) in [6, 6.07) is 3.03. The summed E-state index contributed by atoms with van der Waals surface area (Å²) < 4.78 is 32.1. The molecule has 2 rings (SSSR count). The van der Waals surface area contributed by atoms with Crippen molar-refractivity contribution in [2.45, 2.75) is 18.7 Å². The number of halogens is 1. The summed E-state index contributed by atoms with van der Waals surface area (Å²) >= 11 is 6.06. The summed E-state index contributed by atoms with van der Waals surface area (Å²) in [6.45, 7) is 4.56. The number of ether oxygens (including phenoxy) is 1. The van der Waals surface area contributed by atoms with E-state index in [9.17, 15) is 13.2 Å². The van der Waals surface area contributed by atoms with Crippen molar-refractivity contribution in [3.63, 3.8) is 0 Å². The van der Waals surface area contributed by atoms with Gasteiger partial charge in [0.1, 0.15) is 10.6 Å². The molecule has 1 saturated heterocycles. The summed E-state index contributed by atoms with van der Waals surface area (Å²) in [7, 11) is -2.28. The van der Waals surface area contributed by atoms with Gasteiger partial charge >= 0.3 is 0 Å². The number of rotatable bonds is 3. The number of carbonyl (C=O) groups excluding carboxylic acids is 1. The number of nitrogens with zero attached hydrogens (tertiary/aromatic N) is 2. The van der Waals surface area contributed by atoms with Gasteiger partial charge in [-0.3, -0.25) is 4.79 Å². The zero-order valence-corrected chi connectivity index (χ0v) is 14.4. The van der Waals surface area contributed by atoms with Crippen LogP contribution in [0.5, 0.6) is 5.75 Å². The first-order valence-corrected chi connectivity index (χ1v) is 8.69. The molecule has 1 heterocycles. The van der Waals surface area contributed by atoms with Crippen LogP contribution in [0.2, 0.25) is 5.02 Å². The molecule has 0 N–H and O–H groups in total. The molecule has 0 aromatic heterocycles. The van der Waals surface area contributed by atoms with Crippen molar-refractivity contribution in [1.29, 1.82) is 0 Å². The smallest absolute Gasteiger partial charge is 0.246 e.